The van der Waals surface area contributed by atoms with Crippen LogP contribution < -0.4 is 4.90 Å². The zero-order valence-corrected chi connectivity index (χ0v) is 12.7. The highest BCUT2D eigenvalue weighted by Crippen LogP contribution is 2.31. The van der Waals surface area contributed by atoms with E-state index in [4.69, 9.17) is 0 Å². The smallest absolute Gasteiger partial charge is 0.311 e. The molecule has 21 heavy (non-hydrogen) atoms. The Morgan fingerprint density at radius 2 is 1.86 bits per heavy atom. The summed E-state index contributed by atoms with van der Waals surface area (Å²) in [6, 6.07) is 6.66. The van der Waals surface area contributed by atoms with Crippen LogP contribution >= 0.6 is 15.9 Å². The van der Waals surface area contributed by atoms with Crippen LogP contribution in [0.5, 0.6) is 0 Å². The van der Waals surface area contributed by atoms with E-state index in [1.54, 1.807) is 24.3 Å². The Labute approximate surface area is 127 Å². The van der Waals surface area contributed by atoms with Crippen molar-refractivity contribution in [1.82, 2.24) is 9.78 Å². The molecule has 1 aromatic carbocycles. The summed E-state index contributed by atoms with van der Waals surface area (Å²) in [5.74, 6) is -0.766. The van der Waals surface area contributed by atoms with E-state index < -0.39 is 23.3 Å². The second kappa shape index (κ2) is 5.51. The number of carbonyl (C=O) groups excluding carboxylic acids is 1. The lowest BCUT2D eigenvalue weighted by molar-refractivity contribution is -0.141. The number of aromatic nitrogens is 2. The van der Waals surface area contributed by atoms with Gasteiger partial charge in [0.25, 0.3) is 5.91 Å². The lowest BCUT2D eigenvalue weighted by atomic mass is 10.2. The topological polar surface area (TPSA) is 38.1 Å². The third-order valence-corrected chi connectivity index (χ3v) is 3.37. The first-order valence-electron chi connectivity index (χ1n) is 5.84. The number of halogens is 4. The highest BCUT2D eigenvalue weighted by molar-refractivity contribution is 9.10. The Balaban J connectivity index is 2.38. The van der Waals surface area contributed by atoms with Crippen molar-refractivity contribution in [2.45, 2.75) is 6.18 Å². The second-order valence-corrected chi connectivity index (χ2v) is 5.32. The molecule has 0 bridgehead atoms. The minimum Gasteiger partial charge on any atom is -0.311 e. The molecule has 112 valence electrons. The first-order valence-corrected chi connectivity index (χ1v) is 6.64. The Hall–Kier alpha value is -1.83. The quantitative estimate of drug-likeness (QED) is 0.821. The third kappa shape index (κ3) is 3.26. The van der Waals surface area contributed by atoms with Crippen molar-refractivity contribution >= 4 is 27.5 Å². The van der Waals surface area contributed by atoms with Crippen molar-refractivity contribution in [2.24, 2.45) is 7.05 Å². The molecule has 0 saturated heterocycles. The molecule has 4 nitrogen and oxygen atoms in total. The summed E-state index contributed by atoms with van der Waals surface area (Å²) in [4.78, 5) is 13.4. The number of amides is 1. The maximum absolute atomic E-state index is 12.9. The number of alkyl halides is 3. The third-order valence-electron chi connectivity index (χ3n) is 2.85. The number of aryl methyl sites for hydroxylation is 1. The van der Waals surface area contributed by atoms with E-state index >= 15 is 0 Å². The zero-order valence-electron chi connectivity index (χ0n) is 11.1. The van der Waals surface area contributed by atoms with E-state index in [0.717, 1.165) is 20.3 Å². The molecule has 2 rings (SSSR count). The van der Waals surface area contributed by atoms with Crippen LogP contribution in [0.25, 0.3) is 0 Å². The van der Waals surface area contributed by atoms with E-state index in [1.807, 2.05) is 0 Å². The molecule has 0 atom stereocenters. The van der Waals surface area contributed by atoms with Crippen molar-refractivity contribution in [3.63, 3.8) is 0 Å². The molecule has 0 aliphatic rings. The number of nitrogens with zero attached hydrogens (tertiary/aromatic N) is 3. The molecule has 1 heterocycles. The number of hydrogen-bond donors (Lipinski definition) is 0. The second-order valence-electron chi connectivity index (χ2n) is 4.40. The van der Waals surface area contributed by atoms with Gasteiger partial charge in [-0.3, -0.25) is 9.48 Å². The van der Waals surface area contributed by atoms with E-state index in [0.29, 0.717) is 5.69 Å². The SMILES string of the molecule is CN(C(=O)c1cn(C)nc1C(F)(F)F)c1ccc(Br)cc1. The maximum atomic E-state index is 12.9. The molecule has 1 amide bonds. The van der Waals surface area contributed by atoms with Crippen molar-refractivity contribution in [2.75, 3.05) is 11.9 Å². The molecule has 8 heteroatoms. The molecular formula is C13H11BrF3N3O. The zero-order chi connectivity index (χ0) is 15.8. The van der Waals surface area contributed by atoms with Crippen LogP contribution in [-0.2, 0) is 13.2 Å². The normalized spacial score (nSPS) is 11.5. The molecule has 0 aliphatic carbocycles. The van der Waals surface area contributed by atoms with E-state index in [1.165, 1.54) is 14.1 Å². The van der Waals surface area contributed by atoms with Gasteiger partial charge in [0.15, 0.2) is 5.69 Å². The molecule has 0 radical (unpaired) electrons. The first-order chi connectivity index (χ1) is 9.70. The minimum absolute atomic E-state index is 0.476. The molecule has 0 aliphatic heterocycles. The number of hydrogen-bond acceptors (Lipinski definition) is 2. The predicted octanol–water partition coefficient (Wildman–Crippen LogP) is 3.48. The average Bonchev–Trinajstić information content (AvgIpc) is 2.80. The van der Waals surface area contributed by atoms with Crippen molar-refractivity contribution in [3.05, 3.63) is 46.2 Å². The fraction of sp³-hybridized carbons (Fsp3) is 0.231. The standard InChI is InChI=1S/C13H11BrF3N3O/c1-19-7-10(11(18-19)13(15,16)17)12(21)20(2)9-5-3-8(14)4-6-9/h3-7H,1-2H3. The molecule has 1 aromatic heterocycles. The van der Waals surface area contributed by atoms with Gasteiger partial charge in [-0.05, 0) is 24.3 Å². The van der Waals surface area contributed by atoms with Crippen molar-refractivity contribution < 1.29 is 18.0 Å². The molecule has 0 saturated carbocycles. The highest BCUT2D eigenvalue weighted by Gasteiger charge is 2.39. The summed E-state index contributed by atoms with van der Waals surface area (Å²) in [6.45, 7) is 0. The van der Waals surface area contributed by atoms with Gasteiger partial charge in [0, 0.05) is 30.5 Å². The molecular weight excluding hydrogens is 351 g/mol. The van der Waals surface area contributed by atoms with Crippen LogP contribution in [0, 0.1) is 0 Å². The molecule has 0 N–H and O–H groups in total. The van der Waals surface area contributed by atoms with Crippen LogP contribution in [0.4, 0.5) is 18.9 Å². The number of carbonyl (C=O) groups is 1. The monoisotopic (exact) mass is 361 g/mol. The summed E-state index contributed by atoms with van der Waals surface area (Å²) >= 11 is 3.25. The van der Waals surface area contributed by atoms with Gasteiger partial charge < -0.3 is 4.90 Å². The van der Waals surface area contributed by atoms with E-state index in [-0.39, 0.29) is 0 Å². The van der Waals surface area contributed by atoms with Gasteiger partial charge in [-0.25, -0.2) is 0 Å². The van der Waals surface area contributed by atoms with Gasteiger partial charge in [-0.15, -0.1) is 0 Å². The van der Waals surface area contributed by atoms with Crippen LogP contribution in [0.1, 0.15) is 16.1 Å². The Kier molecular flexibility index (Phi) is 4.08. The Morgan fingerprint density at radius 3 is 2.38 bits per heavy atom. The summed E-state index contributed by atoms with van der Waals surface area (Å²) in [7, 11) is 2.75. The molecule has 0 fully saturated rings. The van der Waals surface area contributed by atoms with Gasteiger partial charge in [-0.2, -0.15) is 18.3 Å². The van der Waals surface area contributed by atoms with Crippen LogP contribution in [0.3, 0.4) is 0 Å². The van der Waals surface area contributed by atoms with Crippen LogP contribution in [-0.4, -0.2) is 22.7 Å². The van der Waals surface area contributed by atoms with Gasteiger partial charge in [0.05, 0.1) is 5.56 Å². The van der Waals surface area contributed by atoms with Crippen LogP contribution in [0.15, 0.2) is 34.9 Å². The van der Waals surface area contributed by atoms with Gasteiger partial charge in [0.1, 0.15) is 0 Å². The molecule has 0 unspecified atom stereocenters. The predicted molar refractivity (Wildman–Crippen MR) is 75.1 cm³/mol. The van der Waals surface area contributed by atoms with Gasteiger partial charge in [-0.1, -0.05) is 15.9 Å². The van der Waals surface area contributed by atoms with Crippen molar-refractivity contribution in [1.29, 1.82) is 0 Å². The van der Waals surface area contributed by atoms with E-state index in [9.17, 15) is 18.0 Å². The van der Waals surface area contributed by atoms with Crippen LogP contribution in [0.2, 0.25) is 0 Å². The van der Waals surface area contributed by atoms with E-state index in [2.05, 4.69) is 21.0 Å². The number of rotatable bonds is 2. The largest absolute Gasteiger partial charge is 0.435 e. The molecule has 0 spiro atoms. The number of anilines is 1. The summed E-state index contributed by atoms with van der Waals surface area (Å²) in [5.41, 5.74) is -1.17. The van der Waals surface area contributed by atoms with Gasteiger partial charge in [0.2, 0.25) is 0 Å². The lowest BCUT2D eigenvalue weighted by Crippen LogP contribution is -2.28. The van der Waals surface area contributed by atoms with Crippen molar-refractivity contribution in [3.8, 4) is 0 Å². The summed E-state index contributed by atoms with van der Waals surface area (Å²) in [6.07, 6.45) is -3.60. The Morgan fingerprint density at radius 1 is 1.29 bits per heavy atom. The number of benzene rings is 1. The fourth-order valence-corrected chi connectivity index (χ4v) is 2.08. The maximum Gasteiger partial charge on any atom is 0.435 e. The average molecular weight is 362 g/mol. The Bertz CT molecular complexity index is 664. The first kappa shape index (κ1) is 15.6. The van der Waals surface area contributed by atoms with Gasteiger partial charge >= 0.3 is 6.18 Å². The summed E-state index contributed by atoms with van der Waals surface area (Å²) < 4.78 is 40.5. The lowest BCUT2D eigenvalue weighted by Gasteiger charge is -2.17. The minimum atomic E-state index is -4.67. The summed E-state index contributed by atoms with van der Waals surface area (Å²) in [5, 5.41) is 3.33. The fourth-order valence-electron chi connectivity index (χ4n) is 1.82. The molecule has 2 aromatic rings. The highest BCUT2D eigenvalue weighted by atomic mass is 79.9.